The molecule has 2 heterocycles. The molecule has 2 fully saturated rings. The van der Waals surface area contributed by atoms with Crippen molar-refractivity contribution in [2.75, 3.05) is 26.7 Å². The second-order valence-corrected chi connectivity index (χ2v) is 7.11. The minimum atomic E-state index is -0.218. The molecule has 3 nitrogen and oxygen atoms in total. The number of nitrogens with two attached hydrogens (primary N) is 1. The molecule has 1 aromatic rings. The molecule has 0 amide bonds. The predicted octanol–water partition coefficient (Wildman–Crippen LogP) is 2.76. The lowest BCUT2D eigenvalue weighted by molar-refractivity contribution is 0.175. The van der Waals surface area contributed by atoms with Gasteiger partial charge in [-0.3, -0.25) is 9.80 Å². The van der Waals surface area contributed by atoms with Crippen LogP contribution < -0.4 is 5.73 Å². The van der Waals surface area contributed by atoms with Gasteiger partial charge in [-0.15, -0.1) is 0 Å². The quantitative estimate of drug-likeness (QED) is 0.904. The number of halogens is 2. The largest absolute Gasteiger partial charge is 0.329 e. The first-order valence-corrected chi connectivity index (χ1v) is 8.50. The van der Waals surface area contributed by atoms with E-state index in [0.29, 0.717) is 17.1 Å². The van der Waals surface area contributed by atoms with Crippen LogP contribution in [0.2, 0.25) is 0 Å². The van der Waals surface area contributed by atoms with Crippen molar-refractivity contribution in [1.82, 2.24) is 9.80 Å². The molecule has 0 radical (unpaired) electrons. The van der Waals surface area contributed by atoms with E-state index >= 15 is 0 Å². The lowest BCUT2D eigenvalue weighted by Crippen LogP contribution is -2.40. The highest BCUT2D eigenvalue weighted by Gasteiger charge is 2.36. The van der Waals surface area contributed by atoms with Crippen LogP contribution in [-0.2, 0) is 0 Å². The van der Waals surface area contributed by atoms with Gasteiger partial charge in [0.15, 0.2) is 0 Å². The standard InChI is InChI=1S/C16H23BrFN3/c1-20-12-3-4-13(20)10-21(7-6-12)16(9-19)11-2-5-15(18)14(17)8-11/h2,5,8,12-13,16H,3-4,6-7,9-10,19H2,1H3. The minimum absolute atomic E-state index is 0.176. The molecule has 2 bridgehead atoms. The Bertz CT molecular complexity index is 510. The van der Waals surface area contributed by atoms with E-state index in [2.05, 4.69) is 32.8 Å². The molecule has 0 aliphatic carbocycles. The number of hydrogen-bond acceptors (Lipinski definition) is 3. The van der Waals surface area contributed by atoms with E-state index in [1.807, 2.05) is 12.1 Å². The summed E-state index contributed by atoms with van der Waals surface area (Å²) in [6, 6.07) is 6.80. The van der Waals surface area contributed by atoms with E-state index in [-0.39, 0.29) is 11.9 Å². The van der Waals surface area contributed by atoms with Gasteiger partial charge < -0.3 is 5.73 Å². The normalized spacial score (nSPS) is 28.6. The third-order valence-corrected chi connectivity index (χ3v) is 5.78. The van der Waals surface area contributed by atoms with E-state index in [4.69, 9.17) is 5.73 Å². The van der Waals surface area contributed by atoms with Crippen LogP contribution in [0, 0.1) is 5.82 Å². The van der Waals surface area contributed by atoms with Crippen LogP contribution in [0.1, 0.15) is 30.9 Å². The summed E-state index contributed by atoms with van der Waals surface area (Å²) in [5.74, 6) is -0.218. The number of hydrogen-bond donors (Lipinski definition) is 1. The van der Waals surface area contributed by atoms with Crippen molar-refractivity contribution in [2.24, 2.45) is 5.73 Å². The highest BCUT2D eigenvalue weighted by atomic mass is 79.9. The zero-order valence-electron chi connectivity index (χ0n) is 12.4. The predicted molar refractivity (Wildman–Crippen MR) is 86.7 cm³/mol. The molecule has 0 aromatic heterocycles. The molecule has 1 aromatic carbocycles. The van der Waals surface area contributed by atoms with Crippen LogP contribution in [-0.4, -0.2) is 48.6 Å². The Hall–Kier alpha value is -0.490. The van der Waals surface area contributed by atoms with Gasteiger partial charge in [-0.2, -0.15) is 0 Å². The van der Waals surface area contributed by atoms with Gasteiger partial charge >= 0.3 is 0 Å². The van der Waals surface area contributed by atoms with Crippen molar-refractivity contribution in [3.05, 3.63) is 34.1 Å². The Morgan fingerprint density at radius 3 is 2.81 bits per heavy atom. The van der Waals surface area contributed by atoms with E-state index in [1.165, 1.54) is 25.3 Å². The molecule has 2 aliphatic heterocycles. The molecule has 3 rings (SSSR count). The SMILES string of the molecule is CN1C2CCC1CN(C(CN)c1ccc(F)c(Br)c1)CC2. The van der Waals surface area contributed by atoms with Crippen LogP contribution in [0.5, 0.6) is 0 Å². The van der Waals surface area contributed by atoms with E-state index < -0.39 is 0 Å². The summed E-state index contributed by atoms with van der Waals surface area (Å²) in [5.41, 5.74) is 7.15. The van der Waals surface area contributed by atoms with Crippen LogP contribution in [0.15, 0.2) is 22.7 Å². The Morgan fingerprint density at radius 1 is 1.33 bits per heavy atom. The third kappa shape index (κ3) is 3.02. The van der Waals surface area contributed by atoms with Crippen molar-refractivity contribution in [1.29, 1.82) is 0 Å². The molecule has 2 saturated heterocycles. The number of rotatable bonds is 3. The van der Waals surface area contributed by atoms with Crippen LogP contribution in [0.25, 0.3) is 0 Å². The van der Waals surface area contributed by atoms with Gasteiger partial charge in [0.1, 0.15) is 5.82 Å². The van der Waals surface area contributed by atoms with Crippen LogP contribution in [0.4, 0.5) is 4.39 Å². The minimum Gasteiger partial charge on any atom is -0.329 e. The number of likely N-dealkylation sites (tertiary alicyclic amines) is 1. The molecule has 2 N–H and O–H groups in total. The average Bonchev–Trinajstić information content (AvgIpc) is 2.70. The van der Waals surface area contributed by atoms with Crippen LogP contribution in [0.3, 0.4) is 0 Å². The highest BCUT2D eigenvalue weighted by molar-refractivity contribution is 9.10. The summed E-state index contributed by atoms with van der Waals surface area (Å²) in [5, 5.41) is 0. The topological polar surface area (TPSA) is 32.5 Å². The van der Waals surface area contributed by atoms with E-state index in [0.717, 1.165) is 24.7 Å². The molecular formula is C16H23BrFN3. The lowest BCUT2D eigenvalue weighted by atomic mass is 10.0. The summed E-state index contributed by atoms with van der Waals surface area (Å²) in [6.45, 7) is 2.70. The van der Waals surface area contributed by atoms with Crippen LogP contribution >= 0.6 is 15.9 Å². The average molecular weight is 356 g/mol. The summed E-state index contributed by atoms with van der Waals surface area (Å²) in [7, 11) is 2.25. The molecule has 21 heavy (non-hydrogen) atoms. The van der Waals surface area contributed by atoms with Gasteiger partial charge in [0.2, 0.25) is 0 Å². The van der Waals surface area contributed by atoms with Crippen molar-refractivity contribution in [3.8, 4) is 0 Å². The fraction of sp³-hybridized carbons (Fsp3) is 0.625. The molecule has 2 aliphatic rings. The molecule has 3 atom stereocenters. The smallest absolute Gasteiger partial charge is 0.137 e. The summed E-state index contributed by atoms with van der Waals surface area (Å²) >= 11 is 3.28. The molecule has 3 unspecified atom stereocenters. The zero-order valence-corrected chi connectivity index (χ0v) is 14.0. The Balaban J connectivity index is 1.81. The monoisotopic (exact) mass is 355 g/mol. The number of likely N-dealkylation sites (N-methyl/N-ethyl adjacent to an activating group) is 1. The maximum Gasteiger partial charge on any atom is 0.137 e. The first-order chi connectivity index (χ1) is 10.1. The molecular weight excluding hydrogens is 333 g/mol. The van der Waals surface area contributed by atoms with Gasteiger partial charge in [0, 0.05) is 37.8 Å². The summed E-state index contributed by atoms with van der Waals surface area (Å²) in [4.78, 5) is 5.02. The molecule has 116 valence electrons. The van der Waals surface area contributed by atoms with E-state index in [9.17, 15) is 4.39 Å². The first kappa shape index (κ1) is 15.4. The molecule has 0 saturated carbocycles. The van der Waals surface area contributed by atoms with Gasteiger partial charge in [-0.1, -0.05) is 6.07 Å². The highest BCUT2D eigenvalue weighted by Crippen LogP contribution is 2.33. The molecule has 0 spiro atoms. The Labute approximate surface area is 134 Å². The fourth-order valence-corrected chi connectivity index (χ4v) is 4.23. The number of benzene rings is 1. The van der Waals surface area contributed by atoms with Gasteiger partial charge in [-0.05, 0) is 59.9 Å². The van der Waals surface area contributed by atoms with E-state index in [1.54, 1.807) is 0 Å². The lowest BCUT2D eigenvalue weighted by Gasteiger charge is -2.33. The maximum atomic E-state index is 13.4. The molecule has 5 heteroatoms. The second-order valence-electron chi connectivity index (χ2n) is 6.26. The van der Waals surface area contributed by atoms with Crippen molar-refractivity contribution < 1.29 is 4.39 Å². The second kappa shape index (κ2) is 6.32. The summed E-state index contributed by atoms with van der Waals surface area (Å²) in [6.07, 6.45) is 3.80. The number of fused-ring (bicyclic) bond motifs is 2. The Morgan fingerprint density at radius 2 is 2.10 bits per heavy atom. The first-order valence-electron chi connectivity index (χ1n) is 7.71. The third-order valence-electron chi connectivity index (χ3n) is 5.17. The van der Waals surface area contributed by atoms with Crippen molar-refractivity contribution in [2.45, 2.75) is 37.4 Å². The van der Waals surface area contributed by atoms with Gasteiger partial charge in [0.05, 0.1) is 4.47 Å². The number of nitrogens with zero attached hydrogens (tertiary/aromatic N) is 2. The van der Waals surface area contributed by atoms with Crippen molar-refractivity contribution in [3.63, 3.8) is 0 Å². The zero-order chi connectivity index (χ0) is 15.0. The Kier molecular flexibility index (Phi) is 4.64. The van der Waals surface area contributed by atoms with Crippen molar-refractivity contribution >= 4 is 15.9 Å². The van der Waals surface area contributed by atoms with Gasteiger partial charge in [0.25, 0.3) is 0 Å². The van der Waals surface area contributed by atoms with Gasteiger partial charge in [-0.25, -0.2) is 4.39 Å². The maximum absolute atomic E-state index is 13.4. The fourth-order valence-electron chi connectivity index (χ4n) is 3.83. The summed E-state index contributed by atoms with van der Waals surface area (Å²) < 4.78 is 14.0.